The third kappa shape index (κ3) is 4.52. The van der Waals surface area contributed by atoms with Crippen molar-refractivity contribution in [3.8, 4) is 5.75 Å². The molecule has 2 aliphatic rings. The molecule has 0 bridgehead atoms. The van der Waals surface area contributed by atoms with Crippen LogP contribution >= 0.6 is 0 Å². The summed E-state index contributed by atoms with van der Waals surface area (Å²) in [5, 5.41) is 9.25. The van der Waals surface area contributed by atoms with Crippen molar-refractivity contribution in [2.24, 2.45) is 0 Å². The van der Waals surface area contributed by atoms with Gasteiger partial charge in [0, 0.05) is 32.7 Å². The lowest BCUT2D eigenvalue weighted by Gasteiger charge is -2.32. The minimum atomic E-state index is -0.954. The fraction of sp³-hybridized carbons (Fsp3) is 0.529. The number of fused-ring (bicyclic) bond motifs is 1. The van der Waals surface area contributed by atoms with Crippen LogP contribution in [0.25, 0.3) is 0 Å². The molecule has 10 nitrogen and oxygen atoms in total. The number of ether oxygens (including phenoxy) is 1. The zero-order chi connectivity index (χ0) is 19.4. The lowest BCUT2D eigenvalue weighted by atomic mass is 10.1. The molecule has 0 N–H and O–H groups in total. The first-order valence-electron chi connectivity index (χ1n) is 8.77. The average Bonchev–Trinajstić information content (AvgIpc) is 2.88. The highest BCUT2D eigenvalue weighted by molar-refractivity contribution is 6.21. The number of nitrogens with zero attached hydrogens (tertiary/aromatic N) is 4. The molecule has 1 aromatic rings. The summed E-state index contributed by atoms with van der Waals surface area (Å²) in [7, 11) is 2.10. The number of imide groups is 1. The van der Waals surface area contributed by atoms with E-state index in [1.165, 1.54) is 0 Å². The van der Waals surface area contributed by atoms with Crippen LogP contribution in [0.5, 0.6) is 5.75 Å². The maximum absolute atomic E-state index is 12.4. The van der Waals surface area contributed by atoms with E-state index in [1.54, 1.807) is 18.2 Å². The van der Waals surface area contributed by atoms with Gasteiger partial charge in [0.1, 0.15) is 19.0 Å². The molecule has 27 heavy (non-hydrogen) atoms. The van der Waals surface area contributed by atoms with Crippen LogP contribution in [0.3, 0.4) is 0 Å². The van der Waals surface area contributed by atoms with E-state index in [0.29, 0.717) is 12.4 Å². The highest BCUT2D eigenvalue weighted by atomic mass is 16.9. The Bertz CT molecular complexity index is 732. The van der Waals surface area contributed by atoms with Crippen molar-refractivity contribution in [1.29, 1.82) is 0 Å². The topological polar surface area (TPSA) is 105 Å². The van der Waals surface area contributed by atoms with Gasteiger partial charge in [0.15, 0.2) is 0 Å². The first-order chi connectivity index (χ1) is 13.0. The van der Waals surface area contributed by atoms with Crippen LogP contribution in [0.4, 0.5) is 0 Å². The van der Waals surface area contributed by atoms with E-state index in [0.717, 1.165) is 37.6 Å². The summed E-state index contributed by atoms with van der Waals surface area (Å²) in [5.41, 5.74) is 0.519. The van der Waals surface area contributed by atoms with Crippen LogP contribution in [-0.2, 0) is 4.84 Å². The molecule has 3 rings (SSSR count). The van der Waals surface area contributed by atoms with E-state index in [4.69, 9.17) is 4.74 Å². The molecule has 0 aromatic heterocycles. The smallest absolute Gasteiger partial charge is 0.294 e. The number of hydrogen-bond donors (Lipinski definition) is 0. The summed E-state index contributed by atoms with van der Waals surface area (Å²) in [6, 6.07) is 4.76. The van der Waals surface area contributed by atoms with Gasteiger partial charge in [-0.1, -0.05) is 0 Å². The largest absolute Gasteiger partial charge is 0.492 e. The first kappa shape index (κ1) is 19.1. The van der Waals surface area contributed by atoms with Gasteiger partial charge in [0.25, 0.3) is 16.9 Å². The molecule has 146 valence electrons. The molecule has 10 heteroatoms. The zero-order valence-electron chi connectivity index (χ0n) is 15.1. The van der Waals surface area contributed by atoms with Crippen molar-refractivity contribution in [1.82, 2.24) is 14.7 Å². The first-order valence-corrected chi connectivity index (χ1v) is 8.77. The number of piperazine rings is 1. The normalized spacial score (nSPS) is 17.9. The Hall–Kier alpha value is -2.72. The lowest BCUT2D eigenvalue weighted by Crippen LogP contribution is -2.45. The van der Waals surface area contributed by atoms with Crippen LogP contribution in [-0.4, -0.2) is 91.1 Å². The van der Waals surface area contributed by atoms with E-state index in [9.17, 15) is 19.7 Å². The fourth-order valence-electron chi connectivity index (χ4n) is 3.13. The molecule has 1 fully saturated rings. The van der Waals surface area contributed by atoms with Crippen molar-refractivity contribution < 1.29 is 24.3 Å². The van der Waals surface area contributed by atoms with Crippen molar-refractivity contribution in [3.63, 3.8) is 0 Å². The van der Waals surface area contributed by atoms with Crippen LogP contribution in [0.1, 0.15) is 20.7 Å². The fourth-order valence-corrected chi connectivity index (χ4v) is 3.13. The monoisotopic (exact) mass is 378 g/mol. The van der Waals surface area contributed by atoms with Crippen molar-refractivity contribution in [2.75, 3.05) is 59.5 Å². The van der Waals surface area contributed by atoms with E-state index in [-0.39, 0.29) is 24.3 Å². The summed E-state index contributed by atoms with van der Waals surface area (Å²) in [5.74, 6) is -0.454. The standard InChI is InChI=1S/C17H22N4O6/c1-18-4-6-19(7-5-18)8-10-26-13-2-3-14-15(12-13)17(23)20(16(14)22)9-11-27-21(24)25/h2-3,12H,4-11H2,1H3. The number of rotatable bonds is 8. The molecule has 2 amide bonds. The van der Waals surface area contributed by atoms with Gasteiger partial charge in [-0.3, -0.25) is 19.4 Å². The van der Waals surface area contributed by atoms with Crippen LogP contribution < -0.4 is 4.74 Å². The second-order valence-corrected chi connectivity index (χ2v) is 6.52. The number of hydrogen-bond acceptors (Lipinski definition) is 8. The molecule has 0 saturated carbocycles. The van der Waals surface area contributed by atoms with Gasteiger partial charge in [-0.2, -0.15) is 0 Å². The highest BCUT2D eigenvalue weighted by Crippen LogP contribution is 2.26. The Morgan fingerprint density at radius 2 is 1.74 bits per heavy atom. The minimum Gasteiger partial charge on any atom is -0.492 e. The molecule has 1 aromatic carbocycles. The number of benzene rings is 1. The zero-order valence-corrected chi connectivity index (χ0v) is 15.1. The van der Waals surface area contributed by atoms with Gasteiger partial charge in [0.2, 0.25) is 0 Å². The third-order valence-electron chi connectivity index (χ3n) is 4.73. The van der Waals surface area contributed by atoms with E-state index in [2.05, 4.69) is 21.7 Å². The van der Waals surface area contributed by atoms with Crippen LogP contribution in [0.15, 0.2) is 18.2 Å². The molecular weight excluding hydrogens is 356 g/mol. The van der Waals surface area contributed by atoms with Gasteiger partial charge in [0.05, 0.1) is 17.7 Å². The lowest BCUT2D eigenvalue weighted by molar-refractivity contribution is -0.757. The summed E-state index contributed by atoms with van der Waals surface area (Å²) in [6.45, 7) is 4.82. The summed E-state index contributed by atoms with van der Waals surface area (Å²) >= 11 is 0. The Labute approximate surface area is 156 Å². The predicted molar refractivity (Wildman–Crippen MR) is 94.2 cm³/mol. The molecule has 2 heterocycles. The average molecular weight is 378 g/mol. The third-order valence-corrected chi connectivity index (χ3v) is 4.73. The van der Waals surface area contributed by atoms with Gasteiger partial charge >= 0.3 is 0 Å². The van der Waals surface area contributed by atoms with Crippen LogP contribution in [0, 0.1) is 10.1 Å². The van der Waals surface area contributed by atoms with Gasteiger partial charge in [-0.05, 0) is 25.2 Å². The van der Waals surface area contributed by atoms with Gasteiger partial charge in [-0.15, -0.1) is 10.1 Å². The van der Waals surface area contributed by atoms with Crippen molar-refractivity contribution in [2.45, 2.75) is 0 Å². The summed E-state index contributed by atoms with van der Waals surface area (Å²) in [6.07, 6.45) is 0. The Balaban J connectivity index is 1.54. The van der Waals surface area contributed by atoms with E-state index in [1.807, 2.05) is 0 Å². The number of carbonyl (C=O) groups is 2. The van der Waals surface area contributed by atoms with Crippen molar-refractivity contribution >= 4 is 11.8 Å². The maximum atomic E-state index is 12.4. The predicted octanol–water partition coefficient (Wildman–Crippen LogP) is 0.117. The molecule has 0 aliphatic carbocycles. The Kier molecular flexibility index (Phi) is 5.87. The van der Waals surface area contributed by atoms with Crippen LogP contribution in [0.2, 0.25) is 0 Å². The molecule has 1 saturated heterocycles. The number of amides is 2. The second-order valence-electron chi connectivity index (χ2n) is 6.52. The van der Waals surface area contributed by atoms with Crippen molar-refractivity contribution in [3.05, 3.63) is 39.4 Å². The Morgan fingerprint density at radius 3 is 2.44 bits per heavy atom. The van der Waals surface area contributed by atoms with E-state index < -0.39 is 16.9 Å². The quantitative estimate of drug-likeness (QED) is 0.357. The molecule has 0 spiro atoms. The summed E-state index contributed by atoms with van der Waals surface area (Å²) in [4.78, 5) is 44.6. The number of likely N-dealkylation sites (N-methyl/N-ethyl adjacent to an activating group) is 1. The van der Waals surface area contributed by atoms with Gasteiger partial charge < -0.3 is 14.5 Å². The maximum Gasteiger partial charge on any atom is 0.294 e. The second kappa shape index (κ2) is 8.31. The molecular formula is C17H22N4O6. The summed E-state index contributed by atoms with van der Waals surface area (Å²) < 4.78 is 5.74. The van der Waals surface area contributed by atoms with Gasteiger partial charge in [-0.25, -0.2) is 0 Å². The molecule has 0 atom stereocenters. The minimum absolute atomic E-state index is 0.174. The molecule has 0 radical (unpaired) electrons. The molecule has 2 aliphatic heterocycles. The molecule has 0 unspecified atom stereocenters. The number of carbonyl (C=O) groups excluding carboxylic acids is 2. The Morgan fingerprint density at radius 1 is 1.04 bits per heavy atom. The highest BCUT2D eigenvalue weighted by Gasteiger charge is 2.35. The van der Waals surface area contributed by atoms with E-state index >= 15 is 0 Å². The SMILES string of the molecule is CN1CCN(CCOc2ccc3c(c2)C(=O)N(CCO[N+](=O)[O-])C3=O)CC1.